The number of aliphatic hydroxyl groups is 1. The molecule has 5 rings (SSSR count). The number of hydrazine groups is 2. The lowest BCUT2D eigenvalue weighted by Crippen LogP contribution is -2.54. The van der Waals surface area contributed by atoms with Gasteiger partial charge in [0.1, 0.15) is 47.8 Å². The van der Waals surface area contributed by atoms with Gasteiger partial charge in [0.05, 0.1) is 6.54 Å². The molecular weight excluding hydrogens is 566 g/mol. The number of hydrazone groups is 1. The second kappa shape index (κ2) is 12.2. The Kier molecular flexibility index (Phi) is 8.20. The third kappa shape index (κ3) is 6.38. The van der Waals surface area contributed by atoms with Crippen LogP contribution in [-0.4, -0.2) is 33.0 Å². The third-order valence-corrected chi connectivity index (χ3v) is 6.39. The number of β-amino-alcohol motifs (C(OH)–C–C–N with tert-alkyl or cyclic N) is 1. The summed E-state index contributed by atoms with van der Waals surface area (Å²) in [6.07, 6.45) is 3.75. The van der Waals surface area contributed by atoms with E-state index < -0.39 is 41.0 Å². The van der Waals surface area contributed by atoms with Crippen LogP contribution in [0.2, 0.25) is 0 Å². The van der Waals surface area contributed by atoms with E-state index in [0.29, 0.717) is 28.6 Å². The molecule has 3 N–H and O–H groups in total. The topological polar surface area (TPSA) is 119 Å². The predicted molar refractivity (Wildman–Crippen MR) is 146 cm³/mol. The molecule has 3 heterocycles. The lowest BCUT2D eigenvalue weighted by atomic mass is 9.84. The lowest BCUT2D eigenvalue weighted by Gasteiger charge is -2.38. The van der Waals surface area contributed by atoms with E-state index in [9.17, 15) is 13.9 Å². The Hall–Kier alpha value is -5.50. The molecule has 0 saturated heterocycles. The van der Waals surface area contributed by atoms with Crippen LogP contribution >= 0.6 is 0 Å². The summed E-state index contributed by atoms with van der Waals surface area (Å²) in [5, 5.41) is 24.7. The molecule has 0 aliphatic carbocycles. The number of nitrogens with one attached hydrogen (secondary N) is 2. The van der Waals surface area contributed by atoms with Crippen molar-refractivity contribution in [1.29, 1.82) is 5.26 Å². The maximum atomic E-state index is 15.9. The van der Waals surface area contributed by atoms with Gasteiger partial charge in [-0.1, -0.05) is 17.9 Å². The summed E-state index contributed by atoms with van der Waals surface area (Å²) < 4.78 is 65.7. The van der Waals surface area contributed by atoms with Gasteiger partial charge < -0.3 is 9.84 Å². The van der Waals surface area contributed by atoms with E-state index in [2.05, 4.69) is 38.0 Å². The number of pyridine rings is 2. The number of ether oxygens (including phenoxy) is 1. The molecule has 43 heavy (non-hydrogen) atoms. The first-order valence-corrected chi connectivity index (χ1v) is 12.6. The van der Waals surface area contributed by atoms with Crippen LogP contribution < -0.4 is 15.8 Å². The van der Waals surface area contributed by atoms with Crippen LogP contribution in [0.15, 0.2) is 84.2 Å². The van der Waals surface area contributed by atoms with E-state index in [4.69, 9.17) is 10.00 Å². The Balaban J connectivity index is 1.30. The molecule has 0 radical (unpaired) electrons. The molecule has 0 fully saturated rings. The number of benzene rings is 2. The van der Waals surface area contributed by atoms with Crippen molar-refractivity contribution in [3.05, 3.63) is 124 Å². The molecule has 0 amide bonds. The van der Waals surface area contributed by atoms with Gasteiger partial charge in [-0.25, -0.2) is 19.3 Å². The second-order valence-corrected chi connectivity index (χ2v) is 9.31. The van der Waals surface area contributed by atoms with Crippen LogP contribution in [0.1, 0.15) is 33.6 Å². The highest BCUT2D eigenvalue weighted by molar-refractivity contribution is 5.55. The Morgan fingerprint density at radius 3 is 2.33 bits per heavy atom. The fourth-order valence-electron chi connectivity index (χ4n) is 4.11. The van der Waals surface area contributed by atoms with E-state index in [1.54, 1.807) is 42.6 Å². The molecule has 0 spiro atoms. The van der Waals surface area contributed by atoms with Crippen molar-refractivity contribution >= 4 is 6.34 Å². The van der Waals surface area contributed by atoms with Gasteiger partial charge in [-0.3, -0.25) is 9.99 Å². The molecule has 216 valence electrons. The number of alkyl halides is 2. The fourth-order valence-corrected chi connectivity index (χ4v) is 4.11. The maximum absolute atomic E-state index is 15.9. The molecule has 2 aromatic carbocycles. The first kappa shape index (κ1) is 29.0. The highest BCUT2D eigenvalue weighted by atomic mass is 19.3. The zero-order valence-electron chi connectivity index (χ0n) is 22.1. The van der Waals surface area contributed by atoms with Crippen LogP contribution in [0.25, 0.3) is 0 Å². The smallest absolute Gasteiger partial charge is 0.323 e. The first-order chi connectivity index (χ1) is 20.7. The van der Waals surface area contributed by atoms with E-state index in [0.717, 1.165) is 41.3 Å². The minimum atomic E-state index is -4.14. The number of aromatic nitrogens is 2. The zero-order valence-corrected chi connectivity index (χ0v) is 22.1. The molecule has 1 atom stereocenters. The van der Waals surface area contributed by atoms with Crippen LogP contribution in [0, 0.1) is 34.8 Å². The summed E-state index contributed by atoms with van der Waals surface area (Å²) in [6.45, 7) is -0.610. The summed E-state index contributed by atoms with van der Waals surface area (Å²) in [5.74, 6) is -0.158. The van der Waals surface area contributed by atoms with E-state index >= 15 is 8.78 Å². The highest BCUT2D eigenvalue weighted by Crippen LogP contribution is 2.46. The molecular formula is C30H21F4N7O2. The third-order valence-electron chi connectivity index (χ3n) is 6.39. The molecule has 13 heteroatoms. The summed E-state index contributed by atoms with van der Waals surface area (Å²) in [6, 6.07) is 16.4. The number of hydrogen-bond acceptors (Lipinski definition) is 9. The van der Waals surface area contributed by atoms with Crippen LogP contribution in [0.3, 0.4) is 0 Å². The fraction of sp³-hybridized carbons (Fsp3) is 0.133. The van der Waals surface area contributed by atoms with Crippen LogP contribution in [0.4, 0.5) is 17.6 Å². The van der Waals surface area contributed by atoms with Crippen LogP contribution in [0.5, 0.6) is 5.75 Å². The largest absolute Gasteiger partial charge is 0.489 e. The molecule has 1 unspecified atom stereocenters. The van der Waals surface area contributed by atoms with Crippen molar-refractivity contribution in [3.8, 4) is 23.7 Å². The van der Waals surface area contributed by atoms with Gasteiger partial charge >= 0.3 is 5.92 Å². The van der Waals surface area contributed by atoms with Gasteiger partial charge in [0, 0.05) is 40.7 Å². The van der Waals surface area contributed by atoms with Crippen molar-refractivity contribution < 1.29 is 27.4 Å². The summed E-state index contributed by atoms with van der Waals surface area (Å²) >= 11 is 0. The number of rotatable bonds is 8. The molecule has 1 aliphatic heterocycles. The average Bonchev–Trinajstić information content (AvgIpc) is 3.52. The van der Waals surface area contributed by atoms with Crippen molar-refractivity contribution in [3.63, 3.8) is 0 Å². The van der Waals surface area contributed by atoms with Gasteiger partial charge in [0.25, 0.3) is 0 Å². The second-order valence-electron chi connectivity index (χ2n) is 9.31. The number of nitrogens with zero attached hydrogens (tertiary/aromatic N) is 5. The normalized spacial score (nSPS) is 13.8. The standard InChI is InChI=1S/C30H21F4N7O2/c31-23-7-11-26(27(32)13-23)29(42,18-41-19-38-39-40-41)30(33,34)28-12-6-21(15-37-28)2-1-20-4-9-25(10-5-20)43-17-22-3-8-24(14-35)36-16-22/h3-13,15-16,19,39-40,42H,17-18H2. The van der Waals surface area contributed by atoms with Crippen molar-refractivity contribution in [2.24, 2.45) is 5.10 Å². The Morgan fingerprint density at radius 1 is 0.930 bits per heavy atom. The minimum absolute atomic E-state index is 0.258. The minimum Gasteiger partial charge on any atom is -0.489 e. The number of hydrogen-bond donors (Lipinski definition) is 3. The Morgan fingerprint density at radius 2 is 1.70 bits per heavy atom. The van der Waals surface area contributed by atoms with Gasteiger partial charge in [-0.2, -0.15) is 19.1 Å². The van der Waals surface area contributed by atoms with Gasteiger partial charge in [-0.05, 0) is 54.6 Å². The monoisotopic (exact) mass is 587 g/mol. The summed E-state index contributed by atoms with van der Waals surface area (Å²) in [4.78, 5) is 7.80. The average molecular weight is 588 g/mol. The number of halogens is 4. The van der Waals surface area contributed by atoms with Gasteiger partial charge in [-0.15, -0.1) is 5.53 Å². The predicted octanol–water partition coefficient (Wildman–Crippen LogP) is 3.85. The van der Waals surface area contributed by atoms with Crippen LogP contribution in [-0.2, 0) is 18.1 Å². The molecule has 2 aromatic heterocycles. The highest BCUT2D eigenvalue weighted by Gasteiger charge is 2.58. The van der Waals surface area contributed by atoms with Crippen molar-refractivity contribution in [1.82, 2.24) is 26.0 Å². The Labute approximate surface area is 243 Å². The number of nitriles is 1. The van der Waals surface area contributed by atoms with E-state index in [-0.39, 0.29) is 6.61 Å². The molecule has 0 bridgehead atoms. The Bertz CT molecular complexity index is 1730. The van der Waals surface area contributed by atoms with Gasteiger partial charge in [0.2, 0.25) is 0 Å². The zero-order chi connectivity index (χ0) is 30.5. The quantitative estimate of drug-likeness (QED) is 0.210. The molecule has 0 saturated carbocycles. The summed E-state index contributed by atoms with van der Waals surface area (Å²) in [7, 11) is 0. The molecule has 9 nitrogen and oxygen atoms in total. The summed E-state index contributed by atoms with van der Waals surface area (Å²) in [5.41, 5.74) is 1.89. The molecule has 1 aliphatic rings. The SMILES string of the molecule is N#Cc1ccc(COc2ccc(C#Cc3ccc(C(F)(F)C(O)(CN4C=NNN4)c4ccc(F)cc4F)nc3)cc2)cn1. The maximum Gasteiger partial charge on any atom is 0.323 e. The lowest BCUT2D eigenvalue weighted by molar-refractivity contribution is -0.206. The first-order valence-electron chi connectivity index (χ1n) is 12.6. The van der Waals surface area contributed by atoms with Crippen molar-refractivity contribution in [2.45, 2.75) is 18.1 Å². The molecule has 4 aromatic rings. The van der Waals surface area contributed by atoms with Crippen molar-refractivity contribution in [2.75, 3.05) is 6.54 Å². The van der Waals surface area contributed by atoms with E-state index in [1.807, 2.05) is 6.07 Å². The van der Waals surface area contributed by atoms with Gasteiger partial charge in [0.15, 0.2) is 5.60 Å². The van der Waals surface area contributed by atoms with E-state index in [1.165, 1.54) is 6.07 Å².